The average Bonchev–Trinajstić information content (AvgIpc) is 2.49. The number of benzene rings is 2. The molecule has 0 amide bonds. The molecule has 2 nitrogen and oxygen atoms in total. The molecule has 0 saturated carbocycles. The van der Waals surface area contributed by atoms with Crippen LogP contribution in [-0.4, -0.2) is 4.98 Å². The van der Waals surface area contributed by atoms with Crippen molar-refractivity contribution >= 4 is 22.3 Å². The number of hydrogen-bond acceptors (Lipinski definition) is 2. The van der Waals surface area contributed by atoms with Crippen molar-refractivity contribution < 1.29 is 0 Å². The van der Waals surface area contributed by atoms with Crippen molar-refractivity contribution in [2.24, 2.45) is 0 Å². The Labute approximate surface area is 125 Å². The van der Waals surface area contributed by atoms with E-state index in [1.807, 2.05) is 6.92 Å². The Kier molecular flexibility index (Phi) is 3.61. The molecule has 0 atom stereocenters. The molecule has 1 aromatic heterocycles. The molecule has 0 aliphatic heterocycles. The zero-order chi connectivity index (χ0) is 14.8. The molecule has 3 aromatic rings. The van der Waals surface area contributed by atoms with Gasteiger partial charge in [0.1, 0.15) is 0 Å². The van der Waals surface area contributed by atoms with Gasteiger partial charge in [0.05, 0.1) is 5.52 Å². The molecule has 21 heavy (non-hydrogen) atoms. The van der Waals surface area contributed by atoms with Crippen LogP contribution in [0.25, 0.3) is 10.9 Å². The lowest BCUT2D eigenvalue weighted by molar-refractivity contribution is 1.14. The minimum Gasteiger partial charge on any atom is -0.355 e. The second-order valence-electron chi connectivity index (χ2n) is 5.51. The summed E-state index contributed by atoms with van der Waals surface area (Å²) in [7, 11) is 0. The molecule has 0 radical (unpaired) electrons. The molecule has 2 heteroatoms. The minimum absolute atomic E-state index is 1.03. The van der Waals surface area contributed by atoms with Crippen molar-refractivity contribution in [3.63, 3.8) is 0 Å². The van der Waals surface area contributed by atoms with Gasteiger partial charge in [-0.3, -0.25) is 4.98 Å². The smallest absolute Gasteiger partial charge is 0.0726 e. The number of fused-ring (bicyclic) bond motifs is 1. The third-order valence-electron chi connectivity index (χ3n) is 3.74. The monoisotopic (exact) mass is 276 g/mol. The fourth-order valence-corrected chi connectivity index (χ4v) is 2.52. The topological polar surface area (TPSA) is 24.9 Å². The second-order valence-corrected chi connectivity index (χ2v) is 5.51. The van der Waals surface area contributed by atoms with E-state index in [9.17, 15) is 0 Å². The number of rotatable bonds is 3. The van der Waals surface area contributed by atoms with Crippen LogP contribution in [0.4, 0.5) is 11.4 Å². The maximum atomic E-state index is 4.63. The Balaban J connectivity index is 2.09. The van der Waals surface area contributed by atoms with E-state index in [2.05, 4.69) is 72.7 Å². The van der Waals surface area contributed by atoms with E-state index >= 15 is 0 Å². The summed E-state index contributed by atoms with van der Waals surface area (Å²) in [6.45, 7) is 6.31. The van der Waals surface area contributed by atoms with Gasteiger partial charge in [0.25, 0.3) is 0 Å². The van der Waals surface area contributed by atoms with Crippen molar-refractivity contribution in [2.45, 2.75) is 27.2 Å². The van der Waals surface area contributed by atoms with Gasteiger partial charge < -0.3 is 5.32 Å². The lowest BCUT2D eigenvalue weighted by Gasteiger charge is -2.12. The fraction of sp³-hybridized carbons (Fsp3) is 0.211. The molecule has 2 aromatic carbocycles. The molecule has 0 fully saturated rings. The summed E-state index contributed by atoms with van der Waals surface area (Å²) in [5.41, 5.74) is 6.90. The van der Waals surface area contributed by atoms with Crippen LogP contribution in [0.2, 0.25) is 0 Å². The van der Waals surface area contributed by atoms with E-state index in [0.717, 1.165) is 29.0 Å². The maximum absolute atomic E-state index is 4.63. The predicted molar refractivity (Wildman–Crippen MR) is 90.3 cm³/mol. The third kappa shape index (κ3) is 2.89. The standard InChI is InChI=1S/C19H20N2/c1-4-15-7-10-18-17(12-15)19(11-14(3)20-18)21-16-8-5-13(2)6-9-16/h5-12H,4H2,1-3H3,(H,20,21). The Morgan fingerprint density at radius 2 is 1.71 bits per heavy atom. The van der Waals surface area contributed by atoms with Gasteiger partial charge in [-0.15, -0.1) is 0 Å². The minimum atomic E-state index is 1.03. The first-order chi connectivity index (χ1) is 10.2. The molecular formula is C19H20N2. The summed E-state index contributed by atoms with van der Waals surface area (Å²) >= 11 is 0. The zero-order valence-electron chi connectivity index (χ0n) is 12.8. The van der Waals surface area contributed by atoms with Gasteiger partial charge in [-0.25, -0.2) is 0 Å². The largest absolute Gasteiger partial charge is 0.355 e. The number of aryl methyl sites for hydroxylation is 3. The van der Waals surface area contributed by atoms with E-state index < -0.39 is 0 Å². The van der Waals surface area contributed by atoms with Crippen LogP contribution in [0.5, 0.6) is 0 Å². The van der Waals surface area contributed by atoms with Crippen LogP contribution >= 0.6 is 0 Å². The Bertz CT molecular complexity index is 773. The summed E-state index contributed by atoms with van der Waals surface area (Å²) in [6.07, 6.45) is 1.04. The van der Waals surface area contributed by atoms with Gasteiger partial charge in [-0.2, -0.15) is 0 Å². The third-order valence-corrected chi connectivity index (χ3v) is 3.74. The highest BCUT2D eigenvalue weighted by atomic mass is 14.9. The number of nitrogens with zero attached hydrogens (tertiary/aromatic N) is 1. The van der Waals surface area contributed by atoms with Crippen molar-refractivity contribution in [1.82, 2.24) is 4.98 Å². The van der Waals surface area contributed by atoms with Gasteiger partial charge in [0.15, 0.2) is 0 Å². The first kappa shape index (κ1) is 13.6. The summed E-state index contributed by atoms with van der Waals surface area (Å²) < 4.78 is 0. The number of hydrogen-bond donors (Lipinski definition) is 1. The van der Waals surface area contributed by atoms with Crippen LogP contribution in [0, 0.1) is 13.8 Å². The Hall–Kier alpha value is -2.35. The van der Waals surface area contributed by atoms with Gasteiger partial charge in [-0.05, 0) is 56.2 Å². The molecular weight excluding hydrogens is 256 g/mol. The average molecular weight is 276 g/mol. The summed E-state index contributed by atoms with van der Waals surface area (Å²) in [6, 6.07) is 17.1. The van der Waals surface area contributed by atoms with Crippen molar-refractivity contribution in [3.05, 3.63) is 65.4 Å². The fourth-order valence-electron chi connectivity index (χ4n) is 2.52. The van der Waals surface area contributed by atoms with Gasteiger partial charge in [-0.1, -0.05) is 30.7 Å². The van der Waals surface area contributed by atoms with Crippen LogP contribution in [0.1, 0.15) is 23.7 Å². The molecule has 1 heterocycles. The molecule has 0 unspecified atom stereocenters. The van der Waals surface area contributed by atoms with E-state index in [4.69, 9.17) is 0 Å². The number of aromatic nitrogens is 1. The van der Waals surface area contributed by atoms with Gasteiger partial charge in [0, 0.05) is 22.5 Å². The maximum Gasteiger partial charge on any atom is 0.0726 e. The highest BCUT2D eigenvalue weighted by molar-refractivity contribution is 5.93. The summed E-state index contributed by atoms with van der Waals surface area (Å²) in [5, 5.41) is 4.71. The molecule has 106 valence electrons. The van der Waals surface area contributed by atoms with Crippen LogP contribution in [-0.2, 0) is 6.42 Å². The highest BCUT2D eigenvalue weighted by Crippen LogP contribution is 2.27. The molecule has 3 rings (SSSR count). The van der Waals surface area contributed by atoms with E-state index in [1.54, 1.807) is 0 Å². The molecule has 0 aliphatic rings. The van der Waals surface area contributed by atoms with Crippen molar-refractivity contribution in [3.8, 4) is 0 Å². The second kappa shape index (κ2) is 5.57. The Morgan fingerprint density at radius 3 is 2.43 bits per heavy atom. The summed E-state index contributed by atoms with van der Waals surface area (Å²) in [4.78, 5) is 4.63. The van der Waals surface area contributed by atoms with Crippen LogP contribution in [0.3, 0.4) is 0 Å². The van der Waals surface area contributed by atoms with Gasteiger partial charge in [0.2, 0.25) is 0 Å². The SMILES string of the molecule is CCc1ccc2nc(C)cc(Nc3ccc(C)cc3)c2c1. The predicted octanol–water partition coefficient (Wildman–Crippen LogP) is 5.16. The van der Waals surface area contributed by atoms with Crippen LogP contribution in [0.15, 0.2) is 48.5 Å². The highest BCUT2D eigenvalue weighted by Gasteiger charge is 2.05. The first-order valence-corrected chi connectivity index (χ1v) is 7.39. The summed E-state index contributed by atoms with van der Waals surface area (Å²) in [5.74, 6) is 0. The normalized spacial score (nSPS) is 10.8. The first-order valence-electron chi connectivity index (χ1n) is 7.39. The Morgan fingerprint density at radius 1 is 0.952 bits per heavy atom. The number of nitrogens with one attached hydrogen (secondary N) is 1. The molecule has 0 aliphatic carbocycles. The number of pyridine rings is 1. The van der Waals surface area contributed by atoms with E-state index in [-0.39, 0.29) is 0 Å². The van der Waals surface area contributed by atoms with Crippen LogP contribution < -0.4 is 5.32 Å². The number of anilines is 2. The quantitative estimate of drug-likeness (QED) is 0.715. The van der Waals surface area contributed by atoms with Crippen molar-refractivity contribution in [2.75, 3.05) is 5.32 Å². The van der Waals surface area contributed by atoms with E-state index in [1.165, 1.54) is 16.5 Å². The lowest BCUT2D eigenvalue weighted by atomic mass is 10.1. The molecule has 0 saturated heterocycles. The lowest BCUT2D eigenvalue weighted by Crippen LogP contribution is -1.95. The molecule has 0 bridgehead atoms. The molecule has 0 spiro atoms. The van der Waals surface area contributed by atoms with Gasteiger partial charge >= 0.3 is 0 Å². The van der Waals surface area contributed by atoms with Crippen molar-refractivity contribution in [1.29, 1.82) is 0 Å². The van der Waals surface area contributed by atoms with E-state index in [0.29, 0.717) is 0 Å². The molecule has 1 N–H and O–H groups in total. The zero-order valence-corrected chi connectivity index (χ0v) is 12.8.